The third-order valence-electron chi connectivity index (χ3n) is 3.41. The normalized spacial score (nSPS) is 12.6. The number of hydrogen-bond acceptors (Lipinski definition) is 5. The van der Waals surface area contributed by atoms with Gasteiger partial charge in [-0.2, -0.15) is 0 Å². The fraction of sp³-hybridized carbons (Fsp3) is 0.611. The number of benzene rings is 1. The number of amides is 1. The molecule has 0 radical (unpaired) electrons. The largest absolute Gasteiger partial charge is 0.493 e. The highest BCUT2D eigenvalue weighted by Gasteiger charge is 2.15. The molecule has 1 amide bonds. The van der Waals surface area contributed by atoms with Gasteiger partial charge in [0, 0.05) is 18.1 Å². The Morgan fingerprint density at radius 2 is 2.00 bits per heavy atom. The van der Waals surface area contributed by atoms with Crippen LogP contribution in [0.25, 0.3) is 0 Å². The highest BCUT2D eigenvalue weighted by atomic mass is 16.5. The molecule has 0 aliphatic carbocycles. The number of ether oxygens (including phenoxy) is 2. The van der Waals surface area contributed by atoms with Crippen LogP contribution in [0.5, 0.6) is 11.5 Å². The zero-order valence-corrected chi connectivity index (χ0v) is 15.3. The van der Waals surface area contributed by atoms with Gasteiger partial charge in [0.1, 0.15) is 0 Å². The van der Waals surface area contributed by atoms with Crippen molar-refractivity contribution in [1.29, 1.82) is 0 Å². The van der Waals surface area contributed by atoms with Gasteiger partial charge in [-0.05, 0) is 44.9 Å². The number of rotatable bonds is 9. The molecule has 0 spiro atoms. The molecule has 1 aromatic carbocycles. The van der Waals surface area contributed by atoms with Crippen LogP contribution in [0, 0.1) is 0 Å². The van der Waals surface area contributed by atoms with E-state index in [0.29, 0.717) is 18.0 Å². The SMILES string of the molecule is CC[C@@H](CO)NCc1ccc(OCC(=O)NC(C)(C)C)c(OC)c1. The van der Waals surface area contributed by atoms with Gasteiger partial charge in [0.05, 0.1) is 13.7 Å². The predicted molar refractivity (Wildman–Crippen MR) is 94.4 cm³/mol. The van der Waals surface area contributed by atoms with E-state index in [1.165, 1.54) is 0 Å². The maximum Gasteiger partial charge on any atom is 0.258 e. The lowest BCUT2D eigenvalue weighted by Crippen LogP contribution is -2.43. The van der Waals surface area contributed by atoms with Crippen LogP contribution in [0.2, 0.25) is 0 Å². The summed E-state index contributed by atoms with van der Waals surface area (Å²) in [7, 11) is 1.57. The summed E-state index contributed by atoms with van der Waals surface area (Å²) in [5.74, 6) is 0.929. The van der Waals surface area contributed by atoms with E-state index in [9.17, 15) is 9.90 Å². The van der Waals surface area contributed by atoms with Crippen LogP contribution in [-0.4, -0.2) is 42.9 Å². The smallest absolute Gasteiger partial charge is 0.258 e. The van der Waals surface area contributed by atoms with E-state index in [1.54, 1.807) is 13.2 Å². The summed E-state index contributed by atoms with van der Waals surface area (Å²) >= 11 is 0. The Hall–Kier alpha value is -1.79. The Bertz CT molecular complexity index is 522. The van der Waals surface area contributed by atoms with E-state index in [4.69, 9.17) is 9.47 Å². The summed E-state index contributed by atoms with van der Waals surface area (Å²) in [4.78, 5) is 11.8. The maximum absolute atomic E-state index is 11.8. The molecule has 0 saturated carbocycles. The second kappa shape index (κ2) is 9.49. The van der Waals surface area contributed by atoms with Crippen molar-refractivity contribution in [2.75, 3.05) is 20.3 Å². The van der Waals surface area contributed by atoms with Gasteiger partial charge in [-0.1, -0.05) is 13.0 Å². The minimum absolute atomic E-state index is 0.0619. The van der Waals surface area contributed by atoms with Gasteiger partial charge in [0.15, 0.2) is 18.1 Å². The Kier molecular flexibility index (Phi) is 8.01. The molecule has 0 bridgehead atoms. The quantitative estimate of drug-likeness (QED) is 0.640. The van der Waals surface area contributed by atoms with Crippen LogP contribution in [0.15, 0.2) is 18.2 Å². The molecule has 0 saturated heterocycles. The molecule has 0 heterocycles. The zero-order chi connectivity index (χ0) is 18.2. The van der Waals surface area contributed by atoms with Crippen molar-refractivity contribution in [3.8, 4) is 11.5 Å². The number of methoxy groups -OCH3 is 1. The molecule has 24 heavy (non-hydrogen) atoms. The summed E-state index contributed by atoms with van der Waals surface area (Å²) in [5, 5.41) is 15.3. The fourth-order valence-electron chi connectivity index (χ4n) is 2.14. The molecule has 0 aliphatic heterocycles. The topological polar surface area (TPSA) is 79.8 Å². The summed E-state index contributed by atoms with van der Waals surface area (Å²) in [5.41, 5.74) is 0.730. The third kappa shape index (κ3) is 7.19. The maximum atomic E-state index is 11.8. The number of hydrogen-bond donors (Lipinski definition) is 3. The Morgan fingerprint density at radius 1 is 1.29 bits per heavy atom. The summed E-state index contributed by atoms with van der Waals surface area (Å²) in [6.45, 7) is 8.45. The predicted octanol–water partition coefficient (Wildman–Crippen LogP) is 1.85. The first-order valence-electron chi connectivity index (χ1n) is 8.24. The van der Waals surface area contributed by atoms with Crippen molar-refractivity contribution in [3.05, 3.63) is 23.8 Å². The van der Waals surface area contributed by atoms with Gasteiger partial charge in [-0.25, -0.2) is 0 Å². The van der Waals surface area contributed by atoms with E-state index >= 15 is 0 Å². The van der Waals surface area contributed by atoms with Crippen LogP contribution in [0.1, 0.15) is 39.7 Å². The highest BCUT2D eigenvalue weighted by Crippen LogP contribution is 2.28. The second-order valence-electron chi connectivity index (χ2n) is 6.74. The molecule has 0 fully saturated rings. The van der Waals surface area contributed by atoms with Crippen molar-refractivity contribution in [2.45, 2.75) is 52.2 Å². The van der Waals surface area contributed by atoms with Gasteiger partial charge in [0.25, 0.3) is 5.91 Å². The van der Waals surface area contributed by atoms with Crippen molar-refractivity contribution >= 4 is 5.91 Å². The molecule has 136 valence electrons. The Balaban J connectivity index is 2.65. The van der Waals surface area contributed by atoms with Crippen molar-refractivity contribution in [2.24, 2.45) is 0 Å². The minimum Gasteiger partial charge on any atom is -0.493 e. The van der Waals surface area contributed by atoms with E-state index in [-0.39, 0.29) is 30.7 Å². The molecule has 0 aliphatic rings. The number of carbonyl (C=O) groups is 1. The highest BCUT2D eigenvalue weighted by molar-refractivity contribution is 5.78. The lowest BCUT2D eigenvalue weighted by molar-refractivity contribution is -0.124. The molecular weight excluding hydrogens is 308 g/mol. The van der Waals surface area contributed by atoms with E-state index in [0.717, 1.165) is 12.0 Å². The summed E-state index contributed by atoms with van der Waals surface area (Å²) < 4.78 is 10.9. The molecule has 6 heteroatoms. The standard InChI is InChI=1S/C18H30N2O4/c1-6-14(11-21)19-10-13-7-8-15(16(9-13)23-5)24-12-17(22)20-18(2,3)4/h7-9,14,19,21H,6,10-12H2,1-5H3,(H,20,22)/t14-/m0/s1. The Morgan fingerprint density at radius 3 is 2.54 bits per heavy atom. The van der Waals surface area contributed by atoms with Gasteiger partial charge in [-0.3, -0.25) is 4.79 Å². The van der Waals surface area contributed by atoms with Gasteiger partial charge >= 0.3 is 0 Å². The monoisotopic (exact) mass is 338 g/mol. The summed E-state index contributed by atoms with van der Waals surface area (Å²) in [6, 6.07) is 5.65. The van der Waals surface area contributed by atoms with Crippen molar-refractivity contribution < 1.29 is 19.4 Å². The van der Waals surface area contributed by atoms with Crippen LogP contribution in [0.3, 0.4) is 0 Å². The number of aliphatic hydroxyl groups excluding tert-OH is 1. The van der Waals surface area contributed by atoms with Crippen LogP contribution < -0.4 is 20.1 Å². The van der Waals surface area contributed by atoms with E-state index in [2.05, 4.69) is 10.6 Å². The molecule has 3 N–H and O–H groups in total. The molecular formula is C18H30N2O4. The van der Waals surface area contributed by atoms with Gasteiger partial charge in [-0.15, -0.1) is 0 Å². The third-order valence-corrected chi connectivity index (χ3v) is 3.41. The molecule has 0 aromatic heterocycles. The van der Waals surface area contributed by atoms with Gasteiger partial charge < -0.3 is 25.2 Å². The van der Waals surface area contributed by atoms with Gasteiger partial charge in [0.2, 0.25) is 0 Å². The van der Waals surface area contributed by atoms with Crippen molar-refractivity contribution in [1.82, 2.24) is 10.6 Å². The van der Waals surface area contributed by atoms with Crippen LogP contribution in [-0.2, 0) is 11.3 Å². The Labute approximate surface area is 144 Å². The minimum atomic E-state index is -0.289. The molecule has 1 aromatic rings. The van der Waals surface area contributed by atoms with Crippen molar-refractivity contribution in [3.63, 3.8) is 0 Å². The first-order valence-corrected chi connectivity index (χ1v) is 8.24. The molecule has 1 atom stereocenters. The van der Waals surface area contributed by atoms with E-state index in [1.807, 2.05) is 39.8 Å². The number of carbonyl (C=O) groups excluding carboxylic acids is 1. The van der Waals surface area contributed by atoms with E-state index < -0.39 is 0 Å². The first-order chi connectivity index (χ1) is 11.3. The van der Waals surface area contributed by atoms with Crippen LogP contribution in [0.4, 0.5) is 0 Å². The lowest BCUT2D eigenvalue weighted by atomic mass is 10.1. The number of aliphatic hydroxyl groups is 1. The fourth-order valence-corrected chi connectivity index (χ4v) is 2.14. The average Bonchev–Trinajstić information content (AvgIpc) is 2.52. The summed E-state index contributed by atoms with van der Waals surface area (Å²) in [6.07, 6.45) is 0.859. The average molecular weight is 338 g/mol. The zero-order valence-electron chi connectivity index (χ0n) is 15.3. The first kappa shape index (κ1) is 20.3. The second-order valence-corrected chi connectivity index (χ2v) is 6.74. The van der Waals surface area contributed by atoms with Crippen LogP contribution >= 0.6 is 0 Å². The molecule has 1 rings (SSSR count). The lowest BCUT2D eigenvalue weighted by Gasteiger charge is -2.21. The molecule has 6 nitrogen and oxygen atoms in total. The number of nitrogens with one attached hydrogen (secondary N) is 2. The molecule has 0 unspecified atom stereocenters.